The zero-order valence-electron chi connectivity index (χ0n) is 14.7. The molecular formula is C20H17N3O3S. The number of carbonyl (C=O) groups excluding carboxylic acids is 3. The molecule has 2 aromatic carbocycles. The lowest BCUT2D eigenvalue weighted by molar-refractivity contribution is -0.118. The summed E-state index contributed by atoms with van der Waals surface area (Å²) in [5.74, 6) is -0.842. The number of aromatic nitrogens is 1. The van der Waals surface area contributed by atoms with Crippen LogP contribution < -0.4 is 4.90 Å². The van der Waals surface area contributed by atoms with E-state index in [1.54, 1.807) is 29.2 Å². The van der Waals surface area contributed by atoms with Crippen LogP contribution in [-0.4, -0.2) is 40.7 Å². The van der Waals surface area contributed by atoms with Gasteiger partial charge >= 0.3 is 0 Å². The number of hydrogen-bond acceptors (Lipinski definition) is 5. The van der Waals surface area contributed by atoms with Gasteiger partial charge in [0.25, 0.3) is 11.8 Å². The van der Waals surface area contributed by atoms with Crippen LogP contribution in [0.5, 0.6) is 0 Å². The summed E-state index contributed by atoms with van der Waals surface area (Å²) in [6.45, 7) is 2.42. The van der Waals surface area contributed by atoms with Gasteiger partial charge in [-0.05, 0) is 31.2 Å². The molecule has 0 radical (unpaired) electrons. The maximum absolute atomic E-state index is 12.7. The van der Waals surface area contributed by atoms with Crippen molar-refractivity contribution in [1.82, 2.24) is 9.88 Å². The molecule has 2 heterocycles. The fourth-order valence-corrected chi connectivity index (χ4v) is 4.23. The molecule has 136 valence electrons. The summed E-state index contributed by atoms with van der Waals surface area (Å²) in [5, 5.41) is 0.631. The Morgan fingerprint density at radius 3 is 2.30 bits per heavy atom. The lowest BCUT2D eigenvalue weighted by atomic mass is 10.1. The summed E-state index contributed by atoms with van der Waals surface area (Å²) in [5.41, 5.74) is 1.64. The van der Waals surface area contributed by atoms with Crippen LogP contribution in [0.2, 0.25) is 0 Å². The van der Waals surface area contributed by atoms with Crippen molar-refractivity contribution >= 4 is 44.4 Å². The predicted molar refractivity (Wildman–Crippen MR) is 104 cm³/mol. The van der Waals surface area contributed by atoms with E-state index in [0.29, 0.717) is 22.8 Å². The largest absolute Gasteiger partial charge is 0.288 e. The van der Waals surface area contributed by atoms with Crippen molar-refractivity contribution in [3.63, 3.8) is 0 Å². The second-order valence-corrected chi connectivity index (χ2v) is 7.17. The van der Waals surface area contributed by atoms with Crippen LogP contribution in [-0.2, 0) is 4.79 Å². The number of carbonyl (C=O) groups is 3. The van der Waals surface area contributed by atoms with Gasteiger partial charge in [0.15, 0.2) is 5.13 Å². The van der Waals surface area contributed by atoms with Crippen LogP contribution in [0, 0.1) is 0 Å². The van der Waals surface area contributed by atoms with E-state index in [1.807, 2.05) is 31.2 Å². The average molecular weight is 379 g/mol. The molecule has 3 amide bonds. The third-order valence-electron chi connectivity index (χ3n) is 4.56. The Bertz CT molecular complexity index is 991. The molecule has 0 unspecified atom stereocenters. The van der Waals surface area contributed by atoms with E-state index in [4.69, 9.17) is 0 Å². The van der Waals surface area contributed by atoms with Crippen LogP contribution >= 0.6 is 11.3 Å². The molecule has 0 atom stereocenters. The first-order valence-corrected chi connectivity index (χ1v) is 9.53. The smallest absolute Gasteiger partial charge is 0.261 e. The molecule has 0 bridgehead atoms. The zero-order chi connectivity index (χ0) is 19.0. The van der Waals surface area contributed by atoms with Crippen molar-refractivity contribution < 1.29 is 14.4 Å². The third kappa shape index (κ3) is 3.00. The second kappa shape index (κ2) is 6.92. The molecule has 6 nitrogen and oxygen atoms in total. The molecule has 1 aliphatic heterocycles. The lowest BCUT2D eigenvalue weighted by Crippen LogP contribution is -2.36. The minimum absolute atomic E-state index is 0.0621. The van der Waals surface area contributed by atoms with Gasteiger partial charge < -0.3 is 0 Å². The van der Waals surface area contributed by atoms with Crippen molar-refractivity contribution in [3.05, 3.63) is 59.7 Å². The van der Waals surface area contributed by atoms with E-state index in [-0.39, 0.29) is 30.7 Å². The van der Waals surface area contributed by atoms with E-state index in [1.165, 1.54) is 11.3 Å². The maximum Gasteiger partial charge on any atom is 0.261 e. The summed E-state index contributed by atoms with van der Waals surface area (Å²) in [4.78, 5) is 44.8. The molecule has 0 aliphatic carbocycles. The van der Waals surface area contributed by atoms with E-state index in [2.05, 4.69) is 4.98 Å². The Morgan fingerprint density at radius 1 is 1.04 bits per heavy atom. The molecule has 0 fully saturated rings. The summed E-state index contributed by atoms with van der Waals surface area (Å²) >= 11 is 1.45. The zero-order valence-corrected chi connectivity index (χ0v) is 15.5. The van der Waals surface area contributed by atoms with Crippen LogP contribution in [0.25, 0.3) is 10.2 Å². The van der Waals surface area contributed by atoms with E-state index in [9.17, 15) is 14.4 Å². The number of imide groups is 1. The van der Waals surface area contributed by atoms with Gasteiger partial charge in [-0.2, -0.15) is 0 Å². The number of fused-ring (bicyclic) bond motifs is 2. The summed E-state index contributed by atoms with van der Waals surface area (Å²) in [6.07, 6.45) is 0.0647. The molecule has 0 spiro atoms. The van der Waals surface area contributed by atoms with Crippen LogP contribution in [0.4, 0.5) is 5.13 Å². The lowest BCUT2D eigenvalue weighted by Gasteiger charge is -2.19. The first kappa shape index (κ1) is 17.4. The minimum atomic E-state index is -0.341. The summed E-state index contributed by atoms with van der Waals surface area (Å²) < 4.78 is 1.01. The minimum Gasteiger partial charge on any atom is -0.288 e. The topological polar surface area (TPSA) is 70.6 Å². The van der Waals surface area contributed by atoms with Crippen LogP contribution in [0.3, 0.4) is 0 Å². The first-order valence-electron chi connectivity index (χ1n) is 8.71. The molecule has 4 rings (SSSR count). The Hall–Kier alpha value is -3.06. The van der Waals surface area contributed by atoms with Gasteiger partial charge in [0, 0.05) is 19.5 Å². The first-order chi connectivity index (χ1) is 13.1. The highest BCUT2D eigenvalue weighted by Gasteiger charge is 2.35. The summed E-state index contributed by atoms with van der Waals surface area (Å²) in [7, 11) is 0. The highest BCUT2D eigenvalue weighted by atomic mass is 32.1. The van der Waals surface area contributed by atoms with Gasteiger partial charge in [0.05, 0.1) is 21.3 Å². The SMILES string of the molecule is CCN(C(=O)CCN1C(=O)c2ccccc2C1=O)c1nc2ccccc2s1. The second-order valence-electron chi connectivity index (χ2n) is 6.16. The third-order valence-corrected chi connectivity index (χ3v) is 5.62. The number of amides is 3. The van der Waals surface area contributed by atoms with Gasteiger partial charge in [-0.25, -0.2) is 4.98 Å². The van der Waals surface area contributed by atoms with Gasteiger partial charge in [-0.1, -0.05) is 35.6 Å². The fourth-order valence-electron chi connectivity index (χ4n) is 3.18. The molecule has 0 saturated heterocycles. The summed E-state index contributed by atoms with van der Waals surface area (Å²) in [6, 6.07) is 14.4. The Balaban J connectivity index is 1.48. The van der Waals surface area contributed by atoms with E-state index in [0.717, 1.165) is 15.1 Å². The van der Waals surface area contributed by atoms with Crippen molar-refractivity contribution in [2.45, 2.75) is 13.3 Å². The molecule has 1 aliphatic rings. The number of rotatable bonds is 5. The van der Waals surface area contributed by atoms with Crippen molar-refractivity contribution in [2.75, 3.05) is 18.0 Å². The Labute approximate surface area is 160 Å². The quantitative estimate of drug-likeness (QED) is 0.638. The van der Waals surface area contributed by atoms with Crippen molar-refractivity contribution in [3.8, 4) is 0 Å². The van der Waals surface area contributed by atoms with Crippen LogP contribution in [0.1, 0.15) is 34.1 Å². The number of benzene rings is 2. The monoisotopic (exact) mass is 379 g/mol. The van der Waals surface area contributed by atoms with Gasteiger partial charge in [-0.15, -0.1) is 0 Å². The number of para-hydroxylation sites is 1. The van der Waals surface area contributed by atoms with Gasteiger partial charge in [-0.3, -0.25) is 24.2 Å². The molecule has 27 heavy (non-hydrogen) atoms. The standard InChI is InChI=1S/C20H17N3O3S/c1-2-22(20-21-15-9-5-6-10-16(15)27-20)17(24)11-12-23-18(25)13-7-3-4-8-14(13)19(23)26/h3-10H,2,11-12H2,1H3. The predicted octanol–water partition coefficient (Wildman–Crippen LogP) is 3.34. The molecule has 7 heteroatoms. The normalized spacial score (nSPS) is 13.3. The van der Waals surface area contributed by atoms with E-state index < -0.39 is 0 Å². The van der Waals surface area contributed by atoms with Gasteiger partial charge in [0.1, 0.15) is 0 Å². The maximum atomic E-state index is 12.7. The average Bonchev–Trinajstić information content (AvgIpc) is 3.21. The number of thiazole rings is 1. The number of hydrogen-bond donors (Lipinski definition) is 0. The number of nitrogens with zero attached hydrogens (tertiary/aromatic N) is 3. The number of anilines is 1. The molecule has 0 N–H and O–H groups in total. The fraction of sp³-hybridized carbons (Fsp3) is 0.200. The molecule has 1 aromatic heterocycles. The van der Waals surface area contributed by atoms with E-state index >= 15 is 0 Å². The van der Waals surface area contributed by atoms with Crippen LogP contribution in [0.15, 0.2) is 48.5 Å². The van der Waals surface area contributed by atoms with Crippen molar-refractivity contribution in [2.24, 2.45) is 0 Å². The highest BCUT2D eigenvalue weighted by molar-refractivity contribution is 7.22. The molecular weight excluding hydrogens is 362 g/mol. The molecule has 0 saturated carbocycles. The Kier molecular flexibility index (Phi) is 4.45. The Morgan fingerprint density at radius 2 is 1.67 bits per heavy atom. The highest BCUT2D eigenvalue weighted by Crippen LogP contribution is 2.29. The molecule has 3 aromatic rings. The van der Waals surface area contributed by atoms with Crippen molar-refractivity contribution in [1.29, 1.82) is 0 Å². The van der Waals surface area contributed by atoms with Gasteiger partial charge in [0.2, 0.25) is 5.91 Å².